The van der Waals surface area contributed by atoms with Crippen LogP contribution in [0.1, 0.15) is 30.0 Å². The molecule has 3 rings (SSSR count). The van der Waals surface area contributed by atoms with E-state index in [1.54, 1.807) is 12.3 Å². The molecule has 5 heteroatoms. The SMILES string of the molecule is Cl.Nc1ccc(CC(=O)N2CCC(c3ccccc3)CC2)nc1. The summed E-state index contributed by atoms with van der Waals surface area (Å²) in [5, 5.41) is 0. The second kappa shape index (κ2) is 7.97. The van der Waals surface area contributed by atoms with Gasteiger partial charge in [0.05, 0.1) is 18.3 Å². The topological polar surface area (TPSA) is 59.2 Å². The van der Waals surface area contributed by atoms with Gasteiger partial charge in [-0.15, -0.1) is 12.4 Å². The van der Waals surface area contributed by atoms with Gasteiger partial charge in [-0.1, -0.05) is 30.3 Å². The molecule has 1 saturated heterocycles. The number of carbonyl (C=O) groups is 1. The Kier molecular flexibility index (Phi) is 5.99. The summed E-state index contributed by atoms with van der Waals surface area (Å²) < 4.78 is 0. The van der Waals surface area contributed by atoms with Crippen LogP contribution in [0.4, 0.5) is 5.69 Å². The molecule has 1 fully saturated rings. The molecule has 0 atom stereocenters. The number of rotatable bonds is 3. The fraction of sp³-hybridized carbons (Fsp3) is 0.333. The third-order valence-electron chi connectivity index (χ3n) is 4.30. The van der Waals surface area contributed by atoms with Gasteiger partial charge in [0.1, 0.15) is 0 Å². The Hall–Kier alpha value is -2.07. The van der Waals surface area contributed by atoms with Gasteiger partial charge in [-0.05, 0) is 36.5 Å². The summed E-state index contributed by atoms with van der Waals surface area (Å²) >= 11 is 0. The first kappa shape index (κ1) is 17.3. The summed E-state index contributed by atoms with van der Waals surface area (Å²) in [7, 11) is 0. The van der Waals surface area contributed by atoms with Gasteiger partial charge in [0, 0.05) is 18.8 Å². The lowest BCUT2D eigenvalue weighted by Crippen LogP contribution is -2.38. The third kappa shape index (κ3) is 4.45. The van der Waals surface area contributed by atoms with Crippen LogP contribution in [0.2, 0.25) is 0 Å². The number of piperidine rings is 1. The van der Waals surface area contributed by atoms with E-state index in [1.165, 1.54) is 5.56 Å². The maximum Gasteiger partial charge on any atom is 0.228 e. The summed E-state index contributed by atoms with van der Waals surface area (Å²) in [6.45, 7) is 1.65. The maximum absolute atomic E-state index is 12.4. The van der Waals surface area contributed by atoms with Crippen LogP contribution in [0.15, 0.2) is 48.7 Å². The molecule has 0 radical (unpaired) electrons. The Bertz CT molecular complexity index is 622. The van der Waals surface area contributed by atoms with Crippen LogP contribution in [0.25, 0.3) is 0 Å². The van der Waals surface area contributed by atoms with E-state index in [2.05, 4.69) is 29.2 Å². The second-order valence-electron chi connectivity index (χ2n) is 5.83. The molecular weight excluding hydrogens is 310 g/mol. The number of anilines is 1. The smallest absolute Gasteiger partial charge is 0.228 e. The van der Waals surface area contributed by atoms with Crippen molar-refractivity contribution in [1.82, 2.24) is 9.88 Å². The van der Waals surface area contributed by atoms with Gasteiger partial charge in [-0.3, -0.25) is 9.78 Å². The van der Waals surface area contributed by atoms with Crippen molar-refractivity contribution in [2.24, 2.45) is 0 Å². The van der Waals surface area contributed by atoms with Crippen LogP contribution < -0.4 is 5.73 Å². The summed E-state index contributed by atoms with van der Waals surface area (Å²) in [6.07, 6.45) is 4.02. The highest BCUT2D eigenvalue weighted by Crippen LogP contribution is 2.27. The normalized spacial score (nSPS) is 15.0. The lowest BCUT2D eigenvalue weighted by Gasteiger charge is -2.32. The van der Waals surface area contributed by atoms with Gasteiger partial charge >= 0.3 is 0 Å². The Morgan fingerprint density at radius 1 is 1.13 bits per heavy atom. The fourth-order valence-electron chi connectivity index (χ4n) is 2.99. The highest BCUT2D eigenvalue weighted by Gasteiger charge is 2.23. The van der Waals surface area contributed by atoms with Crippen LogP contribution in [0.3, 0.4) is 0 Å². The maximum atomic E-state index is 12.4. The summed E-state index contributed by atoms with van der Waals surface area (Å²) in [6, 6.07) is 14.2. The number of benzene rings is 1. The third-order valence-corrected chi connectivity index (χ3v) is 4.30. The predicted octanol–water partition coefficient (Wildman–Crippen LogP) is 3.03. The molecule has 1 aromatic heterocycles. The first-order valence-electron chi connectivity index (χ1n) is 7.75. The lowest BCUT2D eigenvalue weighted by atomic mass is 9.89. The van der Waals surface area contributed by atoms with E-state index in [0.29, 0.717) is 18.0 Å². The van der Waals surface area contributed by atoms with E-state index in [4.69, 9.17) is 5.73 Å². The number of carbonyl (C=O) groups excluding carboxylic acids is 1. The number of halogens is 1. The molecule has 0 aliphatic carbocycles. The molecule has 0 spiro atoms. The molecule has 1 aromatic carbocycles. The van der Waals surface area contributed by atoms with Crippen molar-refractivity contribution in [2.75, 3.05) is 18.8 Å². The summed E-state index contributed by atoms with van der Waals surface area (Å²) in [5.41, 5.74) is 8.40. The van der Waals surface area contributed by atoms with Crippen molar-refractivity contribution in [2.45, 2.75) is 25.2 Å². The number of nitrogens with zero attached hydrogens (tertiary/aromatic N) is 2. The van der Waals surface area contributed by atoms with E-state index < -0.39 is 0 Å². The molecule has 0 bridgehead atoms. The molecule has 1 amide bonds. The number of hydrogen-bond acceptors (Lipinski definition) is 3. The summed E-state index contributed by atoms with van der Waals surface area (Å²) in [4.78, 5) is 18.5. The van der Waals surface area contributed by atoms with Crippen molar-refractivity contribution >= 4 is 24.0 Å². The second-order valence-corrected chi connectivity index (χ2v) is 5.83. The number of likely N-dealkylation sites (tertiary alicyclic amines) is 1. The first-order chi connectivity index (χ1) is 10.7. The van der Waals surface area contributed by atoms with Crippen LogP contribution in [0.5, 0.6) is 0 Å². The minimum absolute atomic E-state index is 0. The van der Waals surface area contributed by atoms with Gasteiger partial charge in [0.2, 0.25) is 5.91 Å². The molecule has 4 nitrogen and oxygen atoms in total. The first-order valence-corrected chi connectivity index (χ1v) is 7.75. The lowest BCUT2D eigenvalue weighted by molar-refractivity contribution is -0.131. The van der Waals surface area contributed by atoms with E-state index in [0.717, 1.165) is 31.6 Å². The van der Waals surface area contributed by atoms with E-state index in [1.807, 2.05) is 17.0 Å². The zero-order valence-corrected chi connectivity index (χ0v) is 13.8. The molecule has 2 heterocycles. The van der Waals surface area contributed by atoms with Crippen LogP contribution >= 0.6 is 12.4 Å². The largest absolute Gasteiger partial charge is 0.397 e. The predicted molar refractivity (Wildman–Crippen MR) is 94.6 cm³/mol. The number of aromatic nitrogens is 1. The highest BCUT2D eigenvalue weighted by atomic mass is 35.5. The number of nitrogen functional groups attached to an aromatic ring is 1. The minimum atomic E-state index is 0. The average Bonchev–Trinajstić information content (AvgIpc) is 2.58. The molecule has 23 heavy (non-hydrogen) atoms. The molecular formula is C18H22ClN3O. The molecule has 0 saturated carbocycles. The van der Waals surface area contributed by atoms with Crippen molar-refractivity contribution in [3.63, 3.8) is 0 Å². The van der Waals surface area contributed by atoms with E-state index in [9.17, 15) is 4.79 Å². The summed E-state index contributed by atoms with van der Waals surface area (Å²) in [5.74, 6) is 0.726. The Morgan fingerprint density at radius 3 is 2.43 bits per heavy atom. The van der Waals surface area contributed by atoms with Gasteiger partial charge in [0.25, 0.3) is 0 Å². The molecule has 2 aromatic rings. The van der Waals surface area contributed by atoms with Gasteiger partial charge in [0.15, 0.2) is 0 Å². The van der Waals surface area contributed by atoms with Gasteiger partial charge in [-0.25, -0.2) is 0 Å². The Morgan fingerprint density at radius 2 is 1.83 bits per heavy atom. The van der Waals surface area contributed by atoms with Crippen molar-refractivity contribution < 1.29 is 4.79 Å². The van der Waals surface area contributed by atoms with E-state index in [-0.39, 0.29) is 18.3 Å². The molecule has 1 aliphatic rings. The van der Waals surface area contributed by atoms with Crippen LogP contribution in [-0.4, -0.2) is 28.9 Å². The van der Waals surface area contributed by atoms with Gasteiger partial charge in [-0.2, -0.15) is 0 Å². The van der Waals surface area contributed by atoms with Crippen molar-refractivity contribution in [3.05, 3.63) is 59.9 Å². The molecule has 122 valence electrons. The number of hydrogen-bond donors (Lipinski definition) is 1. The Balaban J connectivity index is 0.00000192. The quantitative estimate of drug-likeness (QED) is 0.940. The van der Waals surface area contributed by atoms with Crippen LogP contribution in [-0.2, 0) is 11.2 Å². The monoisotopic (exact) mass is 331 g/mol. The standard InChI is InChI=1S/C18H21N3O.ClH/c19-16-6-7-17(20-13-16)12-18(22)21-10-8-15(9-11-21)14-4-2-1-3-5-14;/h1-7,13,15H,8-12,19H2;1H. The zero-order valence-electron chi connectivity index (χ0n) is 13.0. The molecule has 0 unspecified atom stereocenters. The van der Waals surface area contributed by atoms with E-state index >= 15 is 0 Å². The number of pyridine rings is 1. The Labute approximate surface area is 143 Å². The number of nitrogens with two attached hydrogens (primary N) is 1. The van der Waals surface area contributed by atoms with Gasteiger partial charge < -0.3 is 10.6 Å². The highest BCUT2D eigenvalue weighted by molar-refractivity contribution is 5.85. The molecule has 1 aliphatic heterocycles. The molecule has 2 N–H and O–H groups in total. The zero-order chi connectivity index (χ0) is 15.4. The fourth-order valence-corrected chi connectivity index (χ4v) is 2.99. The van der Waals surface area contributed by atoms with Crippen LogP contribution in [0, 0.1) is 0 Å². The minimum Gasteiger partial charge on any atom is -0.397 e. The van der Waals surface area contributed by atoms with Crippen molar-refractivity contribution in [3.8, 4) is 0 Å². The van der Waals surface area contributed by atoms with Crippen molar-refractivity contribution in [1.29, 1.82) is 0 Å². The number of amides is 1. The average molecular weight is 332 g/mol.